The van der Waals surface area contributed by atoms with E-state index in [1.807, 2.05) is 11.0 Å². The molecule has 0 spiro atoms. The average molecular weight is 208 g/mol. The van der Waals surface area contributed by atoms with Gasteiger partial charge < -0.3 is 9.80 Å². The highest BCUT2D eigenvalue weighted by Gasteiger charge is 2.27. The lowest BCUT2D eigenvalue weighted by molar-refractivity contribution is -0.127. The summed E-state index contributed by atoms with van der Waals surface area (Å²) in [5.41, 5.74) is 0. The summed E-state index contributed by atoms with van der Waals surface area (Å²) in [6.07, 6.45) is 5.23. The summed E-state index contributed by atoms with van der Waals surface area (Å²) >= 11 is 0. The normalized spacial score (nSPS) is 27.6. The fraction of sp³-hybridized carbons (Fsp3) is 0.750. The van der Waals surface area contributed by atoms with Gasteiger partial charge in [0.25, 0.3) is 0 Å². The molecule has 2 fully saturated rings. The van der Waals surface area contributed by atoms with E-state index >= 15 is 0 Å². The molecule has 0 N–H and O–H groups in total. The maximum atomic E-state index is 11.6. The highest BCUT2D eigenvalue weighted by molar-refractivity contribution is 5.78. The van der Waals surface area contributed by atoms with Crippen LogP contribution in [0.15, 0.2) is 12.7 Å². The van der Waals surface area contributed by atoms with E-state index in [1.165, 1.54) is 25.9 Å². The molecule has 0 aromatic carbocycles. The summed E-state index contributed by atoms with van der Waals surface area (Å²) in [7, 11) is 0. The molecule has 0 saturated carbocycles. The van der Waals surface area contributed by atoms with Gasteiger partial charge in [-0.3, -0.25) is 4.79 Å². The predicted molar refractivity (Wildman–Crippen MR) is 60.6 cm³/mol. The van der Waals surface area contributed by atoms with E-state index in [-0.39, 0.29) is 0 Å². The lowest BCUT2D eigenvalue weighted by Gasteiger charge is -2.20. The minimum Gasteiger partial charge on any atom is -0.341 e. The van der Waals surface area contributed by atoms with Gasteiger partial charge in [0.05, 0.1) is 0 Å². The molecule has 2 rings (SSSR count). The molecule has 0 bridgehead atoms. The van der Waals surface area contributed by atoms with Crippen molar-refractivity contribution >= 4 is 5.91 Å². The van der Waals surface area contributed by atoms with E-state index in [9.17, 15) is 4.79 Å². The van der Waals surface area contributed by atoms with Crippen LogP contribution in [-0.4, -0.2) is 48.4 Å². The summed E-state index contributed by atoms with van der Waals surface area (Å²) < 4.78 is 0. The molecule has 15 heavy (non-hydrogen) atoms. The van der Waals surface area contributed by atoms with Crippen molar-refractivity contribution in [3.8, 4) is 0 Å². The largest absolute Gasteiger partial charge is 0.341 e. The molecule has 84 valence electrons. The molecular weight excluding hydrogens is 188 g/mol. The van der Waals surface area contributed by atoms with Crippen molar-refractivity contribution in [2.75, 3.05) is 32.7 Å². The van der Waals surface area contributed by atoms with Crippen molar-refractivity contribution in [2.24, 2.45) is 5.92 Å². The van der Waals surface area contributed by atoms with Gasteiger partial charge in [-0.05, 0) is 25.9 Å². The van der Waals surface area contributed by atoms with Crippen LogP contribution in [-0.2, 0) is 4.79 Å². The average Bonchev–Trinajstić information content (AvgIpc) is 2.84. The van der Waals surface area contributed by atoms with Crippen molar-refractivity contribution in [2.45, 2.75) is 19.3 Å². The second-order valence-corrected chi connectivity index (χ2v) is 4.59. The van der Waals surface area contributed by atoms with Gasteiger partial charge in [-0.25, -0.2) is 0 Å². The fourth-order valence-corrected chi connectivity index (χ4v) is 2.45. The topological polar surface area (TPSA) is 23.6 Å². The van der Waals surface area contributed by atoms with Gasteiger partial charge in [-0.15, -0.1) is 6.58 Å². The van der Waals surface area contributed by atoms with E-state index in [1.54, 1.807) is 0 Å². The fourth-order valence-electron chi connectivity index (χ4n) is 2.45. The summed E-state index contributed by atoms with van der Waals surface area (Å²) in [5.74, 6) is 0.690. The van der Waals surface area contributed by atoms with Gasteiger partial charge >= 0.3 is 0 Å². The zero-order valence-electron chi connectivity index (χ0n) is 9.32. The number of likely N-dealkylation sites (tertiary alicyclic amines) is 2. The van der Waals surface area contributed by atoms with Gasteiger partial charge in [-0.2, -0.15) is 0 Å². The van der Waals surface area contributed by atoms with Gasteiger partial charge in [0.1, 0.15) is 0 Å². The van der Waals surface area contributed by atoms with Crippen molar-refractivity contribution in [1.82, 2.24) is 9.80 Å². The Morgan fingerprint density at radius 1 is 1.33 bits per heavy atom. The monoisotopic (exact) mass is 208 g/mol. The van der Waals surface area contributed by atoms with E-state index in [0.29, 0.717) is 18.2 Å². The van der Waals surface area contributed by atoms with E-state index in [2.05, 4.69) is 11.5 Å². The van der Waals surface area contributed by atoms with Crippen LogP contribution >= 0.6 is 0 Å². The quantitative estimate of drug-likeness (QED) is 0.646. The SMILES string of the molecule is C=CC1CC(=O)N(CCN2CCCC2)C1. The van der Waals surface area contributed by atoms with Gasteiger partial charge in [-0.1, -0.05) is 6.08 Å². The number of nitrogens with zero attached hydrogens (tertiary/aromatic N) is 2. The van der Waals surface area contributed by atoms with Crippen LogP contribution < -0.4 is 0 Å². The number of amides is 1. The van der Waals surface area contributed by atoms with E-state index < -0.39 is 0 Å². The first-order valence-corrected chi connectivity index (χ1v) is 5.92. The first-order chi connectivity index (χ1) is 7.29. The highest BCUT2D eigenvalue weighted by atomic mass is 16.2. The van der Waals surface area contributed by atoms with Crippen LogP contribution in [0.1, 0.15) is 19.3 Å². The number of carbonyl (C=O) groups is 1. The van der Waals surface area contributed by atoms with Crippen molar-refractivity contribution in [3.63, 3.8) is 0 Å². The van der Waals surface area contributed by atoms with Crippen molar-refractivity contribution in [3.05, 3.63) is 12.7 Å². The summed E-state index contributed by atoms with van der Waals surface area (Å²) in [5, 5.41) is 0. The Labute approximate surface area is 91.7 Å². The van der Waals surface area contributed by atoms with Crippen LogP contribution in [0.5, 0.6) is 0 Å². The summed E-state index contributed by atoms with van der Waals surface area (Å²) in [4.78, 5) is 16.1. The molecule has 2 saturated heterocycles. The molecule has 2 aliphatic rings. The summed E-state index contributed by atoms with van der Waals surface area (Å²) in [6.45, 7) is 9.03. The summed E-state index contributed by atoms with van der Waals surface area (Å²) in [6, 6.07) is 0. The third-order valence-electron chi connectivity index (χ3n) is 3.46. The second-order valence-electron chi connectivity index (χ2n) is 4.59. The molecule has 1 unspecified atom stereocenters. The Hall–Kier alpha value is -0.830. The second kappa shape index (κ2) is 4.79. The molecule has 3 heteroatoms. The van der Waals surface area contributed by atoms with Crippen molar-refractivity contribution < 1.29 is 4.79 Å². The minimum absolute atomic E-state index is 0.305. The zero-order chi connectivity index (χ0) is 10.7. The van der Waals surface area contributed by atoms with E-state index in [0.717, 1.165) is 19.6 Å². The molecule has 0 aliphatic carbocycles. The van der Waals surface area contributed by atoms with Crippen LogP contribution in [0.3, 0.4) is 0 Å². The Morgan fingerprint density at radius 2 is 2.07 bits per heavy atom. The molecule has 2 heterocycles. The highest BCUT2D eigenvalue weighted by Crippen LogP contribution is 2.18. The number of hydrogen-bond acceptors (Lipinski definition) is 2. The Bertz CT molecular complexity index is 246. The predicted octanol–water partition coefficient (Wildman–Crippen LogP) is 1.12. The Kier molecular flexibility index (Phi) is 3.41. The molecule has 3 nitrogen and oxygen atoms in total. The maximum Gasteiger partial charge on any atom is 0.223 e. The molecule has 1 amide bonds. The van der Waals surface area contributed by atoms with Crippen LogP contribution in [0.4, 0.5) is 0 Å². The van der Waals surface area contributed by atoms with Gasteiger partial charge in [0.15, 0.2) is 0 Å². The molecular formula is C12H20N2O. The molecule has 0 aromatic heterocycles. The van der Waals surface area contributed by atoms with Crippen molar-refractivity contribution in [1.29, 1.82) is 0 Å². The smallest absolute Gasteiger partial charge is 0.223 e. The lowest BCUT2D eigenvalue weighted by Crippen LogP contribution is -2.34. The maximum absolute atomic E-state index is 11.6. The first kappa shape index (κ1) is 10.7. The van der Waals surface area contributed by atoms with E-state index in [4.69, 9.17) is 0 Å². The van der Waals surface area contributed by atoms with Crippen LogP contribution in [0, 0.1) is 5.92 Å². The first-order valence-electron chi connectivity index (χ1n) is 5.92. The zero-order valence-corrected chi connectivity index (χ0v) is 9.32. The van der Waals surface area contributed by atoms with Gasteiger partial charge in [0, 0.05) is 32.0 Å². The lowest BCUT2D eigenvalue weighted by atomic mass is 10.1. The molecule has 0 radical (unpaired) electrons. The number of hydrogen-bond donors (Lipinski definition) is 0. The third-order valence-corrected chi connectivity index (χ3v) is 3.46. The minimum atomic E-state index is 0.305. The molecule has 0 aromatic rings. The Morgan fingerprint density at radius 3 is 2.67 bits per heavy atom. The Balaban J connectivity index is 1.74. The van der Waals surface area contributed by atoms with Gasteiger partial charge in [0.2, 0.25) is 5.91 Å². The third kappa shape index (κ3) is 2.59. The number of carbonyl (C=O) groups excluding carboxylic acids is 1. The van der Waals surface area contributed by atoms with Crippen LogP contribution in [0.2, 0.25) is 0 Å². The number of rotatable bonds is 4. The standard InChI is InChI=1S/C12H20N2O/c1-2-11-9-12(15)14(10-11)8-7-13-5-3-4-6-13/h2,11H,1,3-10H2. The molecule has 2 aliphatic heterocycles. The van der Waals surface area contributed by atoms with Crippen LogP contribution in [0.25, 0.3) is 0 Å². The molecule has 1 atom stereocenters.